The Balaban J connectivity index is 2.70. The zero-order valence-corrected chi connectivity index (χ0v) is 11.1. The van der Waals surface area contributed by atoms with Crippen molar-refractivity contribution in [3.8, 4) is 5.75 Å². The van der Waals surface area contributed by atoms with E-state index < -0.39 is 0 Å². The molecule has 0 aliphatic heterocycles. The monoisotopic (exact) mass is 251 g/mol. The second-order valence-electron chi connectivity index (χ2n) is 3.40. The Bertz CT molecular complexity index is 418. The molecule has 0 radical (unpaired) electrons. The van der Waals surface area contributed by atoms with Gasteiger partial charge in [-0.25, -0.2) is 0 Å². The van der Waals surface area contributed by atoms with E-state index in [1.165, 1.54) is 0 Å². The SMILES string of the molecule is CCNC(=S)NN=C(C)c1cccc(OC)c1. The summed E-state index contributed by atoms with van der Waals surface area (Å²) >= 11 is 5.02. The molecule has 0 aromatic heterocycles. The number of methoxy groups -OCH3 is 1. The Morgan fingerprint density at radius 2 is 2.24 bits per heavy atom. The van der Waals surface area contributed by atoms with E-state index in [1.54, 1.807) is 7.11 Å². The number of hydrogen-bond acceptors (Lipinski definition) is 3. The average molecular weight is 251 g/mol. The van der Waals surface area contributed by atoms with Crippen molar-refractivity contribution < 1.29 is 4.74 Å². The van der Waals surface area contributed by atoms with Gasteiger partial charge in [-0.15, -0.1) is 0 Å². The van der Waals surface area contributed by atoms with Crippen LogP contribution >= 0.6 is 12.2 Å². The maximum atomic E-state index is 5.16. The summed E-state index contributed by atoms with van der Waals surface area (Å²) in [6.45, 7) is 4.67. The Morgan fingerprint density at radius 3 is 2.88 bits per heavy atom. The fourth-order valence-corrected chi connectivity index (χ4v) is 1.44. The first kappa shape index (κ1) is 13.4. The predicted octanol–water partition coefficient (Wildman–Crippen LogP) is 1.90. The summed E-state index contributed by atoms with van der Waals surface area (Å²) in [6, 6.07) is 7.72. The van der Waals surface area contributed by atoms with Gasteiger partial charge in [-0.3, -0.25) is 5.43 Å². The third kappa shape index (κ3) is 4.40. The first-order chi connectivity index (χ1) is 8.17. The quantitative estimate of drug-likeness (QED) is 0.487. The smallest absolute Gasteiger partial charge is 0.186 e. The number of thiocarbonyl (C=S) groups is 1. The van der Waals surface area contributed by atoms with Crippen LogP contribution in [0.4, 0.5) is 0 Å². The molecule has 0 aliphatic carbocycles. The third-order valence-electron chi connectivity index (χ3n) is 2.15. The second kappa shape index (κ2) is 6.85. The van der Waals surface area contributed by atoms with E-state index in [4.69, 9.17) is 17.0 Å². The fraction of sp³-hybridized carbons (Fsp3) is 0.333. The maximum absolute atomic E-state index is 5.16. The zero-order valence-electron chi connectivity index (χ0n) is 10.3. The van der Waals surface area contributed by atoms with Gasteiger partial charge in [0.05, 0.1) is 12.8 Å². The van der Waals surface area contributed by atoms with Crippen LogP contribution in [0, 0.1) is 0 Å². The number of hydrogen-bond donors (Lipinski definition) is 2. The average Bonchev–Trinajstić information content (AvgIpc) is 2.36. The zero-order chi connectivity index (χ0) is 12.7. The normalized spacial score (nSPS) is 10.9. The van der Waals surface area contributed by atoms with E-state index >= 15 is 0 Å². The van der Waals surface area contributed by atoms with Crippen molar-refractivity contribution >= 4 is 23.0 Å². The summed E-state index contributed by atoms with van der Waals surface area (Å²) in [5, 5.41) is 7.68. The molecule has 4 nitrogen and oxygen atoms in total. The first-order valence-corrected chi connectivity index (χ1v) is 5.80. The summed E-state index contributed by atoms with van der Waals surface area (Å²) in [5.41, 5.74) is 4.63. The van der Waals surface area contributed by atoms with Gasteiger partial charge in [-0.05, 0) is 38.2 Å². The van der Waals surface area contributed by atoms with Gasteiger partial charge in [0.15, 0.2) is 5.11 Å². The van der Waals surface area contributed by atoms with E-state index in [0.29, 0.717) is 5.11 Å². The molecule has 0 bridgehead atoms. The van der Waals surface area contributed by atoms with Crippen LogP contribution in [-0.4, -0.2) is 24.5 Å². The van der Waals surface area contributed by atoms with E-state index in [-0.39, 0.29) is 0 Å². The fourth-order valence-electron chi connectivity index (χ4n) is 1.25. The van der Waals surface area contributed by atoms with Crippen LogP contribution in [0.1, 0.15) is 19.4 Å². The van der Waals surface area contributed by atoms with Crippen LogP contribution in [0.15, 0.2) is 29.4 Å². The molecule has 1 aromatic rings. The Labute approximate surface area is 107 Å². The van der Waals surface area contributed by atoms with Gasteiger partial charge in [0.25, 0.3) is 0 Å². The molecule has 0 fully saturated rings. The predicted molar refractivity (Wildman–Crippen MR) is 74.6 cm³/mol. The highest BCUT2D eigenvalue weighted by Crippen LogP contribution is 2.12. The number of nitrogens with zero attached hydrogens (tertiary/aromatic N) is 1. The topological polar surface area (TPSA) is 45.7 Å². The van der Waals surface area contributed by atoms with Gasteiger partial charge in [-0.1, -0.05) is 12.1 Å². The lowest BCUT2D eigenvalue weighted by molar-refractivity contribution is 0.414. The molecule has 2 N–H and O–H groups in total. The third-order valence-corrected chi connectivity index (χ3v) is 2.39. The minimum Gasteiger partial charge on any atom is -0.497 e. The van der Waals surface area contributed by atoms with Gasteiger partial charge >= 0.3 is 0 Å². The molecule has 5 heteroatoms. The van der Waals surface area contributed by atoms with Gasteiger partial charge in [-0.2, -0.15) is 5.10 Å². The molecule has 1 aromatic carbocycles. The highest BCUT2D eigenvalue weighted by molar-refractivity contribution is 7.80. The van der Waals surface area contributed by atoms with Crippen molar-refractivity contribution in [1.29, 1.82) is 0 Å². The lowest BCUT2D eigenvalue weighted by Gasteiger charge is -2.06. The summed E-state index contributed by atoms with van der Waals surface area (Å²) in [6.07, 6.45) is 0. The molecular formula is C12H17N3OS. The van der Waals surface area contributed by atoms with Crippen molar-refractivity contribution in [3.05, 3.63) is 29.8 Å². The molecule has 0 heterocycles. The van der Waals surface area contributed by atoms with Crippen LogP contribution in [0.5, 0.6) is 5.75 Å². The van der Waals surface area contributed by atoms with E-state index in [1.807, 2.05) is 38.1 Å². The van der Waals surface area contributed by atoms with Gasteiger partial charge < -0.3 is 10.1 Å². The molecule has 0 saturated carbocycles. The number of rotatable bonds is 4. The van der Waals surface area contributed by atoms with Crippen molar-refractivity contribution in [1.82, 2.24) is 10.7 Å². The van der Waals surface area contributed by atoms with Gasteiger partial charge in [0, 0.05) is 12.1 Å². The minimum atomic E-state index is 0.523. The van der Waals surface area contributed by atoms with Crippen LogP contribution in [0.3, 0.4) is 0 Å². The first-order valence-electron chi connectivity index (χ1n) is 5.40. The van der Waals surface area contributed by atoms with Crippen molar-refractivity contribution in [2.45, 2.75) is 13.8 Å². The number of ether oxygens (including phenoxy) is 1. The lowest BCUT2D eigenvalue weighted by Crippen LogP contribution is -2.32. The molecular weight excluding hydrogens is 234 g/mol. The van der Waals surface area contributed by atoms with Gasteiger partial charge in [0.2, 0.25) is 0 Å². The molecule has 17 heavy (non-hydrogen) atoms. The summed E-state index contributed by atoms with van der Waals surface area (Å²) in [4.78, 5) is 0. The standard InChI is InChI=1S/C12H17N3OS/c1-4-13-12(17)15-14-9(2)10-6-5-7-11(8-10)16-3/h5-8H,4H2,1-3H3,(H2,13,15,17). The van der Waals surface area contributed by atoms with Crippen molar-refractivity contribution in [3.63, 3.8) is 0 Å². The summed E-state index contributed by atoms with van der Waals surface area (Å²) in [5.74, 6) is 0.811. The van der Waals surface area contributed by atoms with Crippen LogP contribution in [0.2, 0.25) is 0 Å². The molecule has 0 aliphatic rings. The second-order valence-corrected chi connectivity index (χ2v) is 3.81. The molecule has 0 atom stereocenters. The molecule has 92 valence electrons. The van der Waals surface area contributed by atoms with Crippen LogP contribution in [-0.2, 0) is 0 Å². The van der Waals surface area contributed by atoms with E-state index in [0.717, 1.165) is 23.6 Å². The molecule has 1 rings (SSSR count). The number of hydrazone groups is 1. The number of benzene rings is 1. The molecule has 0 unspecified atom stereocenters. The van der Waals surface area contributed by atoms with Gasteiger partial charge in [0.1, 0.15) is 5.75 Å². The van der Waals surface area contributed by atoms with Crippen molar-refractivity contribution in [2.24, 2.45) is 5.10 Å². The van der Waals surface area contributed by atoms with Crippen molar-refractivity contribution in [2.75, 3.05) is 13.7 Å². The lowest BCUT2D eigenvalue weighted by atomic mass is 10.1. The Hall–Kier alpha value is -1.62. The highest BCUT2D eigenvalue weighted by atomic mass is 32.1. The molecule has 0 saturated heterocycles. The summed E-state index contributed by atoms with van der Waals surface area (Å²) in [7, 11) is 1.64. The number of nitrogens with one attached hydrogen (secondary N) is 2. The molecule has 0 amide bonds. The largest absolute Gasteiger partial charge is 0.497 e. The van der Waals surface area contributed by atoms with Crippen LogP contribution < -0.4 is 15.5 Å². The molecule has 0 spiro atoms. The Morgan fingerprint density at radius 1 is 1.47 bits per heavy atom. The van der Waals surface area contributed by atoms with Crippen LogP contribution in [0.25, 0.3) is 0 Å². The van der Waals surface area contributed by atoms with E-state index in [9.17, 15) is 0 Å². The maximum Gasteiger partial charge on any atom is 0.186 e. The minimum absolute atomic E-state index is 0.523. The summed E-state index contributed by atoms with van der Waals surface area (Å²) < 4.78 is 5.16. The van der Waals surface area contributed by atoms with E-state index in [2.05, 4.69) is 15.8 Å². The Kier molecular flexibility index (Phi) is 5.42. The highest BCUT2D eigenvalue weighted by Gasteiger charge is 1.99.